The van der Waals surface area contributed by atoms with Crippen LogP contribution in [0.5, 0.6) is 0 Å². The number of likely N-dealkylation sites (tertiary alicyclic amines) is 1. The Morgan fingerprint density at radius 1 is 1.05 bits per heavy atom. The Morgan fingerprint density at radius 3 is 1.76 bits per heavy atom. The number of amides is 2. The van der Waals surface area contributed by atoms with Crippen LogP contribution >= 0.6 is 0 Å². The van der Waals surface area contributed by atoms with Crippen molar-refractivity contribution in [3.8, 4) is 0 Å². The second-order valence-electron chi connectivity index (χ2n) is 8.26. The molecule has 2 aliphatic heterocycles. The van der Waals surface area contributed by atoms with Crippen molar-refractivity contribution in [2.45, 2.75) is 83.7 Å². The minimum absolute atomic E-state index is 0.00498. The lowest BCUT2D eigenvalue weighted by atomic mass is 9.74. The van der Waals surface area contributed by atoms with Gasteiger partial charge in [0.15, 0.2) is 0 Å². The van der Waals surface area contributed by atoms with Gasteiger partial charge < -0.3 is 14.5 Å². The van der Waals surface area contributed by atoms with E-state index < -0.39 is 11.3 Å². The van der Waals surface area contributed by atoms with Gasteiger partial charge in [-0.3, -0.25) is 9.59 Å². The fraction of sp³-hybridized carbons (Fsp3) is 0.875. The van der Waals surface area contributed by atoms with E-state index in [-0.39, 0.29) is 22.9 Å². The number of piperidine rings is 1. The van der Waals surface area contributed by atoms with Crippen molar-refractivity contribution in [3.63, 3.8) is 0 Å². The molecule has 120 valence electrons. The van der Waals surface area contributed by atoms with E-state index in [4.69, 9.17) is 4.74 Å². The lowest BCUT2D eigenvalue weighted by molar-refractivity contribution is -0.209. The highest BCUT2D eigenvalue weighted by Crippen LogP contribution is 2.51. The number of hydrogen-bond acceptors (Lipinski definition) is 3. The van der Waals surface area contributed by atoms with Gasteiger partial charge >= 0.3 is 0 Å². The molecule has 21 heavy (non-hydrogen) atoms. The molecule has 1 spiro atoms. The number of carbonyl (C=O) groups is 2. The molecule has 2 saturated heterocycles. The van der Waals surface area contributed by atoms with Crippen LogP contribution in [0.15, 0.2) is 0 Å². The first kappa shape index (κ1) is 16.3. The predicted molar refractivity (Wildman–Crippen MR) is 80.6 cm³/mol. The number of carbonyl (C=O) groups excluding carboxylic acids is 2. The molecule has 0 N–H and O–H groups in total. The average Bonchev–Trinajstić information content (AvgIpc) is 2.34. The summed E-state index contributed by atoms with van der Waals surface area (Å²) in [5, 5.41) is 0. The van der Waals surface area contributed by atoms with Crippen molar-refractivity contribution in [1.82, 2.24) is 9.80 Å². The minimum Gasteiger partial charge on any atom is -0.340 e. The van der Waals surface area contributed by atoms with Crippen LogP contribution in [0.1, 0.15) is 61.3 Å². The smallest absolute Gasteiger partial charge is 0.256 e. The third-order valence-corrected chi connectivity index (χ3v) is 4.82. The van der Waals surface area contributed by atoms with Crippen LogP contribution in [0, 0.1) is 0 Å². The van der Waals surface area contributed by atoms with Gasteiger partial charge in [-0.1, -0.05) is 0 Å². The van der Waals surface area contributed by atoms with Gasteiger partial charge in [-0.25, -0.2) is 0 Å². The summed E-state index contributed by atoms with van der Waals surface area (Å²) in [6.45, 7) is 13.4. The van der Waals surface area contributed by atoms with Gasteiger partial charge in [-0.05, 0) is 41.5 Å². The first-order valence-corrected chi connectivity index (χ1v) is 7.55. The molecular formula is C16H28N2O3. The molecule has 0 aromatic carbocycles. The maximum Gasteiger partial charge on any atom is 0.256 e. The van der Waals surface area contributed by atoms with Crippen molar-refractivity contribution >= 4 is 11.8 Å². The molecule has 0 bridgehead atoms. The van der Waals surface area contributed by atoms with Gasteiger partial charge in [-0.15, -0.1) is 0 Å². The van der Waals surface area contributed by atoms with Crippen molar-refractivity contribution in [2.75, 3.05) is 7.05 Å². The van der Waals surface area contributed by atoms with E-state index in [1.807, 2.05) is 53.5 Å². The minimum atomic E-state index is -0.806. The number of likely N-dealkylation sites (N-methyl/N-ethyl adjacent to an activating group) is 1. The standard InChI is InChI=1S/C16H28N2O3/c1-11(19)18-13(2,3)9-16(10-14(18,4)5)17(8)12(20)15(6,7)21-16/h9-10H2,1-8H3. The SMILES string of the molecule is CC(=O)N1C(C)(C)CC2(CC1(C)C)OC(C)(C)C(=O)N2C. The normalized spacial score (nSPS) is 29.0. The zero-order valence-corrected chi connectivity index (χ0v) is 14.5. The molecule has 2 amide bonds. The molecule has 0 saturated carbocycles. The third kappa shape index (κ3) is 2.26. The fourth-order valence-electron chi connectivity index (χ4n) is 4.73. The van der Waals surface area contributed by atoms with E-state index in [1.165, 1.54) is 0 Å². The van der Waals surface area contributed by atoms with E-state index in [1.54, 1.807) is 11.8 Å². The number of nitrogens with zero attached hydrogens (tertiary/aromatic N) is 2. The van der Waals surface area contributed by atoms with Crippen LogP contribution in [-0.2, 0) is 14.3 Å². The van der Waals surface area contributed by atoms with E-state index in [9.17, 15) is 9.59 Å². The van der Waals surface area contributed by atoms with Crippen molar-refractivity contribution in [3.05, 3.63) is 0 Å². The molecule has 0 atom stereocenters. The van der Waals surface area contributed by atoms with Crippen LogP contribution in [0.25, 0.3) is 0 Å². The zero-order valence-electron chi connectivity index (χ0n) is 14.5. The van der Waals surface area contributed by atoms with Gasteiger partial charge in [0.1, 0.15) is 11.3 Å². The Kier molecular flexibility index (Phi) is 3.27. The molecule has 2 fully saturated rings. The fourth-order valence-corrected chi connectivity index (χ4v) is 4.73. The average molecular weight is 296 g/mol. The molecular weight excluding hydrogens is 268 g/mol. The molecule has 2 rings (SSSR count). The maximum absolute atomic E-state index is 12.5. The van der Waals surface area contributed by atoms with Gasteiger partial charge in [0.05, 0.1) is 0 Å². The van der Waals surface area contributed by atoms with E-state index in [2.05, 4.69) is 0 Å². The largest absolute Gasteiger partial charge is 0.340 e. The highest BCUT2D eigenvalue weighted by Gasteiger charge is 2.63. The highest BCUT2D eigenvalue weighted by atomic mass is 16.6. The van der Waals surface area contributed by atoms with Crippen LogP contribution in [0.4, 0.5) is 0 Å². The highest BCUT2D eigenvalue weighted by molar-refractivity contribution is 5.87. The van der Waals surface area contributed by atoms with Gasteiger partial charge in [0.2, 0.25) is 5.91 Å². The Balaban J connectivity index is 2.48. The molecule has 0 aliphatic carbocycles. The number of rotatable bonds is 0. The van der Waals surface area contributed by atoms with Crippen molar-refractivity contribution in [2.24, 2.45) is 0 Å². The molecule has 0 unspecified atom stereocenters. The van der Waals surface area contributed by atoms with Gasteiger partial charge in [0.25, 0.3) is 5.91 Å². The van der Waals surface area contributed by atoms with Crippen LogP contribution in [0.3, 0.4) is 0 Å². The Bertz CT molecular complexity index is 476. The van der Waals surface area contributed by atoms with Gasteiger partial charge in [0, 0.05) is 37.9 Å². The summed E-state index contributed by atoms with van der Waals surface area (Å²) >= 11 is 0. The summed E-state index contributed by atoms with van der Waals surface area (Å²) in [5.41, 5.74) is -2.19. The van der Waals surface area contributed by atoms with Crippen LogP contribution < -0.4 is 0 Å². The molecule has 5 nitrogen and oxygen atoms in total. The molecule has 0 radical (unpaired) electrons. The second kappa shape index (κ2) is 4.22. The molecule has 5 heteroatoms. The van der Waals surface area contributed by atoms with E-state index in [0.717, 1.165) is 0 Å². The van der Waals surface area contributed by atoms with Crippen molar-refractivity contribution < 1.29 is 14.3 Å². The molecule has 0 aromatic rings. The zero-order chi connectivity index (χ0) is 16.4. The van der Waals surface area contributed by atoms with Gasteiger partial charge in [-0.2, -0.15) is 0 Å². The Hall–Kier alpha value is -1.10. The first-order chi connectivity index (χ1) is 9.25. The Morgan fingerprint density at radius 2 is 1.48 bits per heavy atom. The number of hydrogen-bond donors (Lipinski definition) is 0. The lowest BCUT2D eigenvalue weighted by Crippen LogP contribution is -2.69. The summed E-state index contributed by atoms with van der Waals surface area (Å²) in [6, 6.07) is 0. The summed E-state index contributed by atoms with van der Waals surface area (Å²) in [7, 11) is 1.81. The van der Waals surface area contributed by atoms with Crippen LogP contribution in [0.2, 0.25) is 0 Å². The Labute approximate surface area is 127 Å². The summed E-state index contributed by atoms with van der Waals surface area (Å²) in [5.74, 6) is 0.0662. The monoisotopic (exact) mass is 296 g/mol. The summed E-state index contributed by atoms with van der Waals surface area (Å²) < 4.78 is 6.24. The number of ether oxygens (including phenoxy) is 1. The molecule has 2 heterocycles. The predicted octanol–water partition coefficient (Wildman–Crippen LogP) is 2.15. The molecule has 0 aromatic heterocycles. The second-order valence-corrected chi connectivity index (χ2v) is 8.26. The lowest BCUT2D eigenvalue weighted by Gasteiger charge is -2.59. The first-order valence-electron chi connectivity index (χ1n) is 7.55. The summed E-state index contributed by atoms with van der Waals surface area (Å²) in [4.78, 5) is 28.2. The van der Waals surface area contributed by atoms with Crippen LogP contribution in [-0.4, -0.2) is 51.1 Å². The maximum atomic E-state index is 12.5. The molecule has 2 aliphatic rings. The third-order valence-electron chi connectivity index (χ3n) is 4.82. The summed E-state index contributed by atoms with van der Waals surface area (Å²) in [6.07, 6.45) is 1.24. The van der Waals surface area contributed by atoms with Crippen molar-refractivity contribution in [1.29, 1.82) is 0 Å². The van der Waals surface area contributed by atoms with E-state index in [0.29, 0.717) is 12.8 Å². The topological polar surface area (TPSA) is 49.9 Å². The van der Waals surface area contributed by atoms with E-state index >= 15 is 0 Å². The quantitative estimate of drug-likeness (QED) is 0.688.